The lowest BCUT2D eigenvalue weighted by molar-refractivity contribution is -0.141. The zero-order valence-corrected chi connectivity index (χ0v) is 15.3. The maximum Gasteiger partial charge on any atom is 0.435 e. The van der Waals surface area contributed by atoms with Gasteiger partial charge in [-0.1, -0.05) is 35.9 Å². The molecular weight excluding hydrogens is 377 g/mol. The first-order valence-corrected chi connectivity index (χ1v) is 8.40. The highest BCUT2D eigenvalue weighted by atomic mass is 35.5. The molecule has 3 rings (SSSR count). The molecule has 0 amide bonds. The maximum atomic E-state index is 12.9. The van der Waals surface area contributed by atoms with Crippen LogP contribution in [0.5, 0.6) is 0 Å². The summed E-state index contributed by atoms with van der Waals surface area (Å²) in [5, 5.41) is 7.15. The van der Waals surface area contributed by atoms with Crippen LogP contribution in [0.4, 0.5) is 18.9 Å². The Morgan fingerprint density at radius 1 is 1.11 bits per heavy atom. The van der Waals surface area contributed by atoms with E-state index < -0.39 is 11.9 Å². The highest BCUT2D eigenvalue weighted by Crippen LogP contribution is 2.31. The van der Waals surface area contributed by atoms with Crippen LogP contribution < -0.4 is 5.32 Å². The van der Waals surface area contributed by atoms with E-state index in [0.29, 0.717) is 16.4 Å². The number of nitrogens with one attached hydrogen (secondary N) is 1. The summed E-state index contributed by atoms with van der Waals surface area (Å²) in [6.45, 7) is 0. The van der Waals surface area contributed by atoms with E-state index in [1.165, 1.54) is 11.7 Å². The molecular formula is C19H16ClF3N4. The van der Waals surface area contributed by atoms with Crippen LogP contribution in [-0.2, 0) is 13.2 Å². The molecule has 2 heterocycles. The number of aromatic nitrogens is 3. The molecule has 0 saturated heterocycles. The predicted molar refractivity (Wildman–Crippen MR) is 101 cm³/mol. The zero-order valence-electron chi connectivity index (χ0n) is 14.5. The summed E-state index contributed by atoms with van der Waals surface area (Å²) in [5.41, 5.74) is 1.83. The van der Waals surface area contributed by atoms with Crippen LogP contribution >= 0.6 is 11.6 Å². The van der Waals surface area contributed by atoms with Crippen LogP contribution in [0, 0.1) is 0 Å². The standard InChI is InChI=1S/C19H16ClF3N4/c1-24-14-9-10-16(17-11-18(19(21,22)23)26-27(17)2)25-15(14)8-7-12-5-3-4-6-13(12)20/h3-11,24H,1-2H3. The number of benzene rings is 1. The molecule has 0 atom stereocenters. The minimum absolute atomic E-state index is 0.275. The predicted octanol–water partition coefficient (Wildman–Crippen LogP) is 5.37. The fourth-order valence-corrected chi connectivity index (χ4v) is 2.78. The number of pyridine rings is 1. The second-order valence-corrected chi connectivity index (χ2v) is 6.18. The smallest absolute Gasteiger partial charge is 0.386 e. The number of alkyl halides is 3. The van der Waals surface area contributed by atoms with Crippen molar-refractivity contribution in [1.29, 1.82) is 0 Å². The molecule has 0 aliphatic rings. The van der Waals surface area contributed by atoms with Gasteiger partial charge in [-0.25, -0.2) is 4.98 Å². The minimum atomic E-state index is -4.51. The van der Waals surface area contributed by atoms with Gasteiger partial charge in [0.05, 0.1) is 22.8 Å². The first kappa shape index (κ1) is 19.0. The molecule has 0 spiro atoms. The molecule has 1 aromatic carbocycles. The molecule has 0 radical (unpaired) electrons. The van der Waals surface area contributed by atoms with E-state index in [9.17, 15) is 13.2 Å². The number of hydrogen-bond acceptors (Lipinski definition) is 3. The Balaban J connectivity index is 2.02. The zero-order chi connectivity index (χ0) is 19.6. The van der Waals surface area contributed by atoms with Gasteiger partial charge in [0.2, 0.25) is 0 Å². The molecule has 4 nitrogen and oxygen atoms in total. The normalized spacial score (nSPS) is 11.9. The third-order valence-corrected chi connectivity index (χ3v) is 4.30. The Labute approximate surface area is 159 Å². The van der Waals surface area contributed by atoms with Crippen molar-refractivity contribution in [3.8, 4) is 11.4 Å². The minimum Gasteiger partial charge on any atom is -0.386 e. The molecule has 140 valence electrons. The highest BCUT2D eigenvalue weighted by molar-refractivity contribution is 6.32. The van der Waals surface area contributed by atoms with Crippen molar-refractivity contribution < 1.29 is 13.2 Å². The summed E-state index contributed by atoms with van der Waals surface area (Å²) in [5.74, 6) is 0. The monoisotopic (exact) mass is 392 g/mol. The average molecular weight is 393 g/mol. The van der Waals surface area contributed by atoms with E-state index >= 15 is 0 Å². The lowest BCUT2D eigenvalue weighted by Crippen LogP contribution is -2.06. The number of anilines is 1. The Morgan fingerprint density at radius 3 is 2.48 bits per heavy atom. The van der Waals surface area contributed by atoms with Gasteiger partial charge in [0.15, 0.2) is 5.69 Å². The molecule has 0 bridgehead atoms. The van der Waals surface area contributed by atoms with Crippen LogP contribution in [0.2, 0.25) is 5.02 Å². The number of nitrogens with zero attached hydrogens (tertiary/aromatic N) is 3. The van der Waals surface area contributed by atoms with Gasteiger partial charge in [-0.05, 0) is 35.9 Å². The van der Waals surface area contributed by atoms with Crippen LogP contribution in [-0.4, -0.2) is 21.8 Å². The van der Waals surface area contributed by atoms with Gasteiger partial charge in [0.1, 0.15) is 0 Å². The summed E-state index contributed by atoms with van der Waals surface area (Å²) in [6, 6.07) is 11.7. The quantitative estimate of drug-likeness (QED) is 0.649. The van der Waals surface area contributed by atoms with E-state index in [2.05, 4.69) is 15.4 Å². The molecule has 3 aromatic rings. The highest BCUT2D eigenvalue weighted by Gasteiger charge is 2.34. The molecule has 8 heteroatoms. The van der Waals surface area contributed by atoms with Crippen molar-refractivity contribution in [2.24, 2.45) is 7.05 Å². The van der Waals surface area contributed by atoms with Crippen LogP contribution in [0.15, 0.2) is 42.5 Å². The van der Waals surface area contributed by atoms with Crippen LogP contribution in [0.3, 0.4) is 0 Å². The molecule has 0 aliphatic carbocycles. The molecule has 0 aliphatic heterocycles. The van der Waals surface area contributed by atoms with Crippen molar-refractivity contribution in [3.63, 3.8) is 0 Å². The van der Waals surface area contributed by atoms with E-state index in [-0.39, 0.29) is 5.69 Å². The van der Waals surface area contributed by atoms with Crippen LogP contribution in [0.1, 0.15) is 17.0 Å². The fraction of sp³-hybridized carbons (Fsp3) is 0.158. The summed E-state index contributed by atoms with van der Waals surface area (Å²) in [4.78, 5) is 4.49. The summed E-state index contributed by atoms with van der Waals surface area (Å²) in [7, 11) is 3.20. The third kappa shape index (κ3) is 4.14. The Morgan fingerprint density at radius 2 is 1.85 bits per heavy atom. The topological polar surface area (TPSA) is 42.7 Å². The van der Waals surface area contributed by atoms with E-state index in [0.717, 1.165) is 17.3 Å². The second kappa shape index (κ2) is 7.44. The number of rotatable bonds is 4. The van der Waals surface area contributed by atoms with Crippen molar-refractivity contribution in [2.45, 2.75) is 6.18 Å². The molecule has 27 heavy (non-hydrogen) atoms. The van der Waals surface area contributed by atoms with E-state index in [4.69, 9.17) is 11.6 Å². The lowest BCUT2D eigenvalue weighted by atomic mass is 10.1. The number of aryl methyl sites for hydroxylation is 1. The maximum absolute atomic E-state index is 12.9. The summed E-state index contributed by atoms with van der Waals surface area (Å²) < 4.78 is 39.9. The first-order valence-electron chi connectivity index (χ1n) is 8.02. The van der Waals surface area contributed by atoms with Gasteiger partial charge in [-0.15, -0.1) is 0 Å². The molecule has 2 aromatic heterocycles. The van der Waals surface area contributed by atoms with Gasteiger partial charge < -0.3 is 5.32 Å². The number of hydrogen-bond donors (Lipinski definition) is 1. The van der Waals surface area contributed by atoms with Crippen molar-refractivity contribution in [3.05, 3.63) is 64.4 Å². The van der Waals surface area contributed by atoms with Crippen molar-refractivity contribution >= 4 is 29.4 Å². The Kier molecular flexibility index (Phi) is 5.23. The average Bonchev–Trinajstić information content (AvgIpc) is 3.03. The molecule has 0 unspecified atom stereocenters. The fourth-order valence-electron chi connectivity index (χ4n) is 2.58. The molecule has 0 fully saturated rings. The molecule has 0 saturated carbocycles. The first-order chi connectivity index (χ1) is 12.8. The van der Waals surface area contributed by atoms with Gasteiger partial charge in [-0.2, -0.15) is 18.3 Å². The van der Waals surface area contributed by atoms with Crippen molar-refractivity contribution in [2.75, 3.05) is 12.4 Å². The van der Waals surface area contributed by atoms with Crippen molar-refractivity contribution in [1.82, 2.24) is 14.8 Å². The SMILES string of the molecule is CNc1ccc(-c2cc(C(F)(F)F)nn2C)nc1C=Cc1ccccc1Cl. The van der Waals surface area contributed by atoms with Crippen LogP contribution in [0.25, 0.3) is 23.5 Å². The van der Waals surface area contributed by atoms with Gasteiger partial charge in [-0.3, -0.25) is 4.68 Å². The largest absolute Gasteiger partial charge is 0.435 e. The van der Waals surface area contributed by atoms with Gasteiger partial charge in [0, 0.05) is 19.1 Å². The lowest BCUT2D eigenvalue weighted by Gasteiger charge is -2.08. The van der Waals surface area contributed by atoms with E-state index in [1.54, 1.807) is 37.4 Å². The Hall–Kier alpha value is -2.80. The van der Waals surface area contributed by atoms with Gasteiger partial charge >= 0.3 is 6.18 Å². The summed E-state index contributed by atoms with van der Waals surface area (Å²) in [6.07, 6.45) is -0.940. The number of halogens is 4. The Bertz CT molecular complexity index is 993. The van der Waals surface area contributed by atoms with Gasteiger partial charge in [0.25, 0.3) is 0 Å². The van der Waals surface area contributed by atoms with E-state index in [1.807, 2.05) is 18.2 Å². The molecule has 1 N–H and O–H groups in total. The third-order valence-electron chi connectivity index (χ3n) is 3.95. The second-order valence-electron chi connectivity index (χ2n) is 5.77. The summed E-state index contributed by atoms with van der Waals surface area (Å²) >= 11 is 6.15.